The molecule has 0 radical (unpaired) electrons. The SMILES string of the molecule is CNC(C)(C#N)CCOc1ccc(C(C)(C)C)cc1. The first-order valence-electron chi connectivity index (χ1n) is 6.64. The van der Waals surface area contributed by atoms with Gasteiger partial charge < -0.3 is 10.1 Å². The molecule has 0 saturated heterocycles. The quantitative estimate of drug-likeness (QED) is 0.884. The van der Waals surface area contributed by atoms with E-state index >= 15 is 0 Å². The summed E-state index contributed by atoms with van der Waals surface area (Å²) >= 11 is 0. The monoisotopic (exact) mass is 260 g/mol. The van der Waals surface area contributed by atoms with E-state index in [-0.39, 0.29) is 5.41 Å². The van der Waals surface area contributed by atoms with Crippen molar-refractivity contribution in [2.24, 2.45) is 0 Å². The molecule has 1 N–H and O–H groups in total. The van der Waals surface area contributed by atoms with Crippen LogP contribution in [0.2, 0.25) is 0 Å². The Kier molecular flexibility index (Phi) is 4.97. The highest BCUT2D eigenvalue weighted by molar-refractivity contribution is 5.31. The molecule has 0 heterocycles. The Morgan fingerprint density at radius 3 is 2.16 bits per heavy atom. The van der Waals surface area contributed by atoms with Crippen LogP contribution >= 0.6 is 0 Å². The first-order chi connectivity index (χ1) is 8.80. The first kappa shape index (κ1) is 15.5. The molecule has 0 saturated carbocycles. The van der Waals surface area contributed by atoms with Crippen LogP contribution in [0.4, 0.5) is 0 Å². The Bertz CT molecular complexity index is 439. The van der Waals surface area contributed by atoms with Crippen molar-refractivity contribution in [3.8, 4) is 11.8 Å². The second-order valence-electron chi connectivity index (χ2n) is 6.07. The second-order valence-corrected chi connectivity index (χ2v) is 6.07. The summed E-state index contributed by atoms with van der Waals surface area (Å²) in [6, 6.07) is 10.4. The lowest BCUT2D eigenvalue weighted by Gasteiger charge is -2.21. The minimum atomic E-state index is -0.522. The number of hydrogen-bond acceptors (Lipinski definition) is 3. The molecular formula is C16H24N2O. The minimum Gasteiger partial charge on any atom is -0.493 e. The zero-order chi connectivity index (χ0) is 14.5. The molecule has 0 amide bonds. The van der Waals surface area contributed by atoms with E-state index in [0.29, 0.717) is 13.0 Å². The molecule has 0 bridgehead atoms. The van der Waals surface area contributed by atoms with E-state index in [1.165, 1.54) is 5.56 Å². The molecule has 0 spiro atoms. The summed E-state index contributed by atoms with van der Waals surface area (Å²) in [7, 11) is 1.79. The van der Waals surface area contributed by atoms with Crippen molar-refractivity contribution >= 4 is 0 Å². The van der Waals surface area contributed by atoms with Crippen molar-refractivity contribution in [2.45, 2.75) is 45.1 Å². The van der Waals surface area contributed by atoms with Crippen LogP contribution in [0.15, 0.2) is 24.3 Å². The Morgan fingerprint density at radius 1 is 1.16 bits per heavy atom. The maximum Gasteiger partial charge on any atom is 0.119 e. The van der Waals surface area contributed by atoms with Gasteiger partial charge >= 0.3 is 0 Å². The van der Waals surface area contributed by atoms with Crippen LogP contribution in [0.25, 0.3) is 0 Å². The zero-order valence-corrected chi connectivity index (χ0v) is 12.6. The van der Waals surface area contributed by atoms with Crippen molar-refractivity contribution in [2.75, 3.05) is 13.7 Å². The average Bonchev–Trinajstić information content (AvgIpc) is 2.38. The molecule has 1 aromatic rings. The van der Waals surface area contributed by atoms with Gasteiger partial charge in [-0.3, -0.25) is 0 Å². The smallest absolute Gasteiger partial charge is 0.119 e. The van der Waals surface area contributed by atoms with Crippen molar-refractivity contribution in [3.05, 3.63) is 29.8 Å². The highest BCUT2D eigenvalue weighted by Crippen LogP contribution is 2.24. The molecule has 1 unspecified atom stereocenters. The van der Waals surface area contributed by atoms with Crippen LogP contribution in [-0.4, -0.2) is 19.2 Å². The number of nitriles is 1. The summed E-state index contributed by atoms with van der Waals surface area (Å²) in [4.78, 5) is 0. The van der Waals surface area contributed by atoms with Gasteiger partial charge in [0.15, 0.2) is 0 Å². The van der Waals surface area contributed by atoms with Gasteiger partial charge in [0.1, 0.15) is 11.3 Å². The van der Waals surface area contributed by atoms with E-state index in [1.807, 2.05) is 19.1 Å². The maximum atomic E-state index is 9.04. The summed E-state index contributed by atoms with van der Waals surface area (Å²) in [5, 5.41) is 12.0. The summed E-state index contributed by atoms with van der Waals surface area (Å²) in [5.74, 6) is 0.851. The molecule has 0 aromatic heterocycles. The molecule has 3 heteroatoms. The van der Waals surface area contributed by atoms with E-state index in [2.05, 4.69) is 44.3 Å². The fraction of sp³-hybridized carbons (Fsp3) is 0.562. The van der Waals surface area contributed by atoms with Crippen LogP contribution < -0.4 is 10.1 Å². The number of rotatable bonds is 5. The lowest BCUT2D eigenvalue weighted by molar-refractivity contribution is 0.273. The Morgan fingerprint density at radius 2 is 1.74 bits per heavy atom. The van der Waals surface area contributed by atoms with Crippen LogP contribution in [0.5, 0.6) is 5.75 Å². The number of nitrogens with one attached hydrogen (secondary N) is 1. The molecule has 19 heavy (non-hydrogen) atoms. The summed E-state index contributed by atoms with van der Waals surface area (Å²) < 4.78 is 5.68. The molecule has 1 aromatic carbocycles. The predicted octanol–water partition coefficient (Wildman–Crippen LogP) is 3.25. The van der Waals surface area contributed by atoms with Gasteiger partial charge in [-0.15, -0.1) is 0 Å². The van der Waals surface area contributed by atoms with Crippen molar-refractivity contribution < 1.29 is 4.74 Å². The minimum absolute atomic E-state index is 0.157. The average molecular weight is 260 g/mol. The maximum absolute atomic E-state index is 9.04. The van der Waals surface area contributed by atoms with E-state index in [9.17, 15) is 0 Å². The van der Waals surface area contributed by atoms with Crippen molar-refractivity contribution in [1.82, 2.24) is 5.32 Å². The third kappa shape index (κ3) is 4.57. The van der Waals surface area contributed by atoms with Crippen LogP contribution in [0, 0.1) is 11.3 Å². The summed E-state index contributed by atoms with van der Waals surface area (Å²) in [6.45, 7) is 8.97. The van der Waals surface area contributed by atoms with Crippen LogP contribution in [0.1, 0.15) is 39.7 Å². The molecule has 3 nitrogen and oxygen atoms in total. The molecule has 0 aliphatic rings. The Hall–Kier alpha value is -1.53. The van der Waals surface area contributed by atoms with E-state index in [1.54, 1.807) is 7.05 Å². The van der Waals surface area contributed by atoms with Gasteiger partial charge in [0.25, 0.3) is 0 Å². The molecular weight excluding hydrogens is 236 g/mol. The molecule has 0 fully saturated rings. The lowest BCUT2D eigenvalue weighted by Crippen LogP contribution is -2.39. The van der Waals surface area contributed by atoms with Gasteiger partial charge in [0.2, 0.25) is 0 Å². The van der Waals surface area contributed by atoms with Crippen LogP contribution in [0.3, 0.4) is 0 Å². The van der Waals surface area contributed by atoms with Gasteiger partial charge in [0.05, 0.1) is 12.7 Å². The van der Waals surface area contributed by atoms with Gasteiger partial charge in [0, 0.05) is 6.42 Å². The largest absolute Gasteiger partial charge is 0.493 e. The van der Waals surface area contributed by atoms with Gasteiger partial charge in [-0.25, -0.2) is 0 Å². The van der Waals surface area contributed by atoms with Crippen molar-refractivity contribution in [1.29, 1.82) is 5.26 Å². The third-order valence-corrected chi connectivity index (χ3v) is 3.39. The number of nitrogens with zero attached hydrogens (tertiary/aromatic N) is 1. The normalized spacial score (nSPS) is 14.5. The lowest BCUT2D eigenvalue weighted by atomic mass is 9.87. The Labute approximate surface area is 116 Å². The fourth-order valence-corrected chi connectivity index (χ4v) is 1.66. The van der Waals surface area contributed by atoms with E-state index < -0.39 is 5.54 Å². The summed E-state index contributed by atoms with van der Waals surface area (Å²) in [5.41, 5.74) is 0.923. The predicted molar refractivity (Wildman–Crippen MR) is 78.3 cm³/mol. The standard InChI is InChI=1S/C16H24N2O/c1-15(2,3)13-6-8-14(9-7-13)19-11-10-16(4,12-17)18-5/h6-9,18H,10-11H2,1-5H3. The van der Waals surface area contributed by atoms with Crippen molar-refractivity contribution in [3.63, 3.8) is 0 Å². The highest BCUT2D eigenvalue weighted by atomic mass is 16.5. The third-order valence-electron chi connectivity index (χ3n) is 3.39. The Balaban J connectivity index is 2.54. The molecule has 0 aliphatic carbocycles. The number of hydrogen-bond donors (Lipinski definition) is 1. The molecule has 1 rings (SSSR count). The molecule has 104 valence electrons. The number of benzene rings is 1. The van der Waals surface area contributed by atoms with Gasteiger partial charge in [-0.05, 0) is 37.1 Å². The van der Waals surface area contributed by atoms with Gasteiger partial charge in [-0.1, -0.05) is 32.9 Å². The van der Waals surface area contributed by atoms with E-state index in [0.717, 1.165) is 5.75 Å². The highest BCUT2D eigenvalue weighted by Gasteiger charge is 2.20. The number of ether oxygens (including phenoxy) is 1. The fourth-order valence-electron chi connectivity index (χ4n) is 1.66. The first-order valence-corrected chi connectivity index (χ1v) is 6.64. The summed E-state index contributed by atoms with van der Waals surface area (Å²) in [6.07, 6.45) is 0.654. The zero-order valence-electron chi connectivity index (χ0n) is 12.6. The second kappa shape index (κ2) is 6.08. The van der Waals surface area contributed by atoms with Gasteiger partial charge in [-0.2, -0.15) is 5.26 Å². The topological polar surface area (TPSA) is 45.0 Å². The van der Waals surface area contributed by atoms with Crippen LogP contribution in [-0.2, 0) is 5.41 Å². The van der Waals surface area contributed by atoms with E-state index in [4.69, 9.17) is 10.00 Å². The molecule has 0 aliphatic heterocycles. The molecule has 1 atom stereocenters.